The van der Waals surface area contributed by atoms with Crippen LogP contribution in [0.25, 0.3) is 0 Å². The average molecular weight is 239 g/mol. The number of hydrogen-bond donors (Lipinski definition) is 1. The van der Waals surface area contributed by atoms with Gasteiger partial charge in [0.25, 0.3) is 5.89 Å². The zero-order valence-electron chi connectivity index (χ0n) is 10.6. The van der Waals surface area contributed by atoms with E-state index in [1.165, 1.54) is 0 Å². The predicted octanol–water partition coefficient (Wildman–Crippen LogP) is 1.54. The third-order valence-corrected chi connectivity index (χ3v) is 3.11. The van der Waals surface area contributed by atoms with Crippen molar-refractivity contribution in [2.75, 3.05) is 13.6 Å². The lowest BCUT2D eigenvalue weighted by Crippen LogP contribution is -2.36. The molecule has 0 atom stereocenters. The molecule has 1 aliphatic rings. The van der Waals surface area contributed by atoms with E-state index in [4.69, 9.17) is 9.26 Å². The Balaban J connectivity index is 1.65. The molecule has 0 bridgehead atoms. The lowest BCUT2D eigenvalue weighted by atomic mass is 9.82. The van der Waals surface area contributed by atoms with Crippen LogP contribution in [-0.4, -0.2) is 29.8 Å². The van der Waals surface area contributed by atoms with Crippen LogP contribution in [-0.2, 0) is 17.8 Å². The molecule has 5 nitrogen and oxygen atoms in total. The van der Waals surface area contributed by atoms with Crippen LogP contribution in [0.15, 0.2) is 4.52 Å². The largest absolute Gasteiger partial charge is 0.368 e. The summed E-state index contributed by atoms with van der Waals surface area (Å²) in [5.74, 6) is 2.15. The van der Waals surface area contributed by atoms with Gasteiger partial charge in [-0.25, -0.2) is 0 Å². The van der Waals surface area contributed by atoms with Crippen LogP contribution in [0, 0.1) is 5.92 Å². The molecule has 1 saturated carbocycles. The van der Waals surface area contributed by atoms with E-state index in [0.717, 1.165) is 44.0 Å². The van der Waals surface area contributed by atoms with Crippen molar-refractivity contribution in [2.45, 2.75) is 45.3 Å². The molecule has 1 heterocycles. The van der Waals surface area contributed by atoms with Crippen LogP contribution in [0.4, 0.5) is 0 Å². The molecule has 2 rings (SSSR count). The third kappa shape index (κ3) is 3.51. The summed E-state index contributed by atoms with van der Waals surface area (Å²) in [6.07, 6.45) is 4.55. The van der Waals surface area contributed by atoms with Crippen molar-refractivity contribution in [3.63, 3.8) is 0 Å². The van der Waals surface area contributed by atoms with Gasteiger partial charge in [-0.3, -0.25) is 0 Å². The van der Waals surface area contributed by atoms with Gasteiger partial charge in [0.05, 0.1) is 6.10 Å². The van der Waals surface area contributed by atoms with Gasteiger partial charge >= 0.3 is 0 Å². The predicted molar refractivity (Wildman–Crippen MR) is 63.5 cm³/mol. The molecule has 0 saturated heterocycles. The highest BCUT2D eigenvalue weighted by Gasteiger charge is 2.29. The standard InChI is InChI=1S/C12H21N3O2/c1-3-4-11-14-12(17-15-11)8-16-10-5-9(6-10)7-13-2/h9-10,13H,3-8H2,1-2H3. The van der Waals surface area contributed by atoms with Crippen LogP contribution in [0.1, 0.15) is 37.9 Å². The van der Waals surface area contributed by atoms with Crippen molar-refractivity contribution in [3.8, 4) is 0 Å². The van der Waals surface area contributed by atoms with Crippen molar-refractivity contribution in [2.24, 2.45) is 5.92 Å². The van der Waals surface area contributed by atoms with Crippen LogP contribution in [0.2, 0.25) is 0 Å². The number of hydrogen-bond acceptors (Lipinski definition) is 5. The lowest BCUT2D eigenvalue weighted by molar-refractivity contribution is -0.0473. The van der Waals surface area contributed by atoms with Crippen molar-refractivity contribution >= 4 is 0 Å². The maximum atomic E-state index is 5.71. The SMILES string of the molecule is CCCc1noc(COC2CC(CNC)C2)n1. The van der Waals surface area contributed by atoms with Crippen molar-refractivity contribution in [1.29, 1.82) is 0 Å². The van der Waals surface area contributed by atoms with Gasteiger partial charge in [0.2, 0.25) is 0 Å². The van der Waals surface area contributed by atoms with Gasteiger partial charge in [-0.15, -0.1) is 0 Å². The van der Waals surface area contributed by atoms with Crippen LogP contribution in [0.5, 0.6) is 0 Å². The van der Waals surface area contributed by atoms with E-state index in [9.17, 15) is 0 Å². The summed E-state index contributed by atoms with van der Waals surface area (Å²) in [4.78, 5) is 4.27. The average Bonchev–Trinajstić information content (AvgIpc) is 2.70. The summed E-state index contributed by atoms with van der Waals surface area (Å²) >= 11 is 0. The maximum Gasteiger partial charge on any atom is 0.252 e. The molecule has 17 heavy (non-hydrogen) atoms. The second-order valence-electron chi connectivity index (χ2n) is 4.68. The van der Waals surface area contributed by atoms with Gasteiger partial charge in [-0.2, -0.15) is 4.98 Å². The highest BCUT2D eigenvalue weighted by molar-refractivity contribution is 4.86. The van der Waals surface area contributed by atoms with Gasteiger partial charge in [-0.05, 0) is 38.8 Å². The minimum Gasteiger partial charge on any atom is -0.368 e. The van der Waals surface area contributed by atoms with E-state index in [1.54, 1.807) is 0 Å². The second kappa shape index (κ2) is 6.12. The number of aromatic nitrogens is 2. The number of aryl methyl sites for hydroxylation is 1. The van der Waals surface area contributed by atoms with Crippen molar-refractivity contribution in [3.05, 3.63) is 11.7 Å². The molecule has 96 valence electrons. The van der Waals surface area contributed by atoms with E-state index in [1.807, 2.05) is 7.05 Å². The molecule has 0 aliphatic heterocycles. The molecule has 1 aromatic rings. The summed E-state index contributed by atoms with van der Waals surface area (Å²) in [5.41, 5.74) is 0. The van der Waals surface area contributed by atoms with Gasteiger partial charge in [0.1, 0.15) is 6.61 Å². The summed E-state index contributed by atoms with van der Waals surface area (Å²) in [6.45, 7) is 3.64. The first-order chi connectivity index (χ1) is 8.31. The molecule has 0 aromatic carbocycles. The summed E-state index contributed by atoms with van der Waals surface area (Å²) in [7, 11) is 1.99. The summed E-state index contributed by atoms with van der Waals surface area (Å²) in [5, 5.41) is 7.08. The third-order valence-electron chi connectivity index (χ3n) is 3.11. The number of nitrogens with one attached hydrogen (secondary N) is 1. The van der Waals surface area contributed by atoms with Gasteiger partial charge in [-0.1, -0.05) is 12.1 Å². The van der Waals surface area contributed by atoms with Gasteiger partial charge in [0.15, 0.2) is 5.82 Å². The monoisotopic (exact) mass is 239 g/mol. The molecule has 1 aromatic heterocycles. The van der Waals surface area contributed by atoms with Crippen molar-refractivity contribution in [1.82, 2.24) is 15.5 Å². The Morgan fingerprint density at radius 1 is 1.47 bits per heavy atom. The fraction of sp³-hybridized carbons (Fsp3) is 0.833. The van der Waals surface area contributed by atoms with Gasteiger partial charge < -0.3 is 14.6 Å². The molecule has 1 aliphatic carbocycles. The molecule has 5 heteroatoms. The minimum absolute atomic E-state index is 0.370. The highest BCUT2D eigenvalue weighted by Crippen LogP contribution is 2.29. The minimum atomic E-state index is 0.370. The fourth-order valence-corrected chi connectivity index (χ4v) is 2.13. The first kappa shape index (κ1) is 12.5. The molecular weight excluding hydrogens is 218 g/mol. The fourth-order valence-electron chi connectivity index (χ4n) is 2.13. The Kier molecular flexibility index (Phi) is 4.50. The lowest BCUT2D eigenvalue weighted by Gasteiger charge is -2.34. The quantitative estimate of drug-likeness (QED) is 0.782. The van der Waals surface area contributed by atoms with E-state index in [2.05, 4.69) is 22.4 Å². The van der Waals surface area contributed by atoms with Crippen LogP contribution >= 0.6 is 0 Å². The zero-order chi connectivity index (χ0) is 12.1. The summed E-state index contributed by atoms with van der Waals surface area (Å²) < 4.78 is 10.8. The number of ether oxygens (including phenoxy) is 1. The Morgan fingerprint density at radius 2 is 2.29 bits per heavy atom. The molecular formula is C12H21N3O2. The second-order valence-corrected chi connectivity index (χ2v) is 4.68. The smallest absolute Gasteiger partial charge is 0.252 e. The highest BCUT2D eigenvalue weighted by atomic mass is 16.5. The first-order valence-electron chi connectivity index (χ1n) is 6.39. The van der Waals surface area contributed by atoms with Crippen LogP contribution < -0.4 is 5.32 Å². The molecule has 0 radical (unpaired) electrons. The maximum absolute atomic E-state index is 5.71. The molecule has 0 spiro atoms. The molecule has 0 unspecified atom stereocenters. The van der Waals surface area contributed by atoms with E-state index in [0.29, 0.717) is 18.6 Å². The van der Waals surface area contributed by atoms with Gasteiger partial charge in [0, 0.05) is 6.42 Å². The van der Waals surface area contributed by atoms with Crippen molar-refractivity contribution < 1.29 is 9.26 Å². The molecule has 1 fully saturated rings. The summed E-state index contributed by atoms with van der Waals surface area (Å²) in [6, 6.07) is 0. The number of nitrogens with zero attached hydrogens (tertiary/aromatic N) is 2. The number of rotatable bonds is 7. The first-order valence-corrected chi connectivity index (χ1v) is 6.39. The normalized spacial score (nSPS) is 23.6. The molecule has 1 N–H and O–H groups in total. The topological polar surface area (TPSA) is 60.2 Å². The zero-order valence-corrected chi connectivity index (χ0v) is 10.6. The van der Waals surface area contributed by atoms with Crippen LogP contribution in [0.3, 0.4) is 0 Å². The Bertz CT molecular complexity index is 334. The molecule has 0 amide bonds. The van der Waals surface area contributed by atoms with E-state index in [-0.39, 0.29) is 0 Å². The Hall–Kier alpha value is -0.940. The Labute approximate surface area is 102 Å². The van der Waals surface area contributed by atoms with E-state index < -0.39 is 0 Å². The Morgan fingerprint density at radius 3 is 3.00 bits per heavy atom. The van der Waals surface area contributed by atoms with E-state index >= 15 is 0 Å².